The summed E-state index contributed by atoms with van der Waals surface area (Å²) in [5, 5.41) is 4.60. The van der Waals surface area contributed by atoms with Crippen LogP contribution in [0.2, 0.25) is 0 Å². The van der Waals surface area contributed by atoms with Gasteiger partial charge in [-0.05, 0) is 37.4 Å². The Balaban J connectivity index is 1.61. The molecule has 3 nitrogen and oxygen atoms in total. The first-order valence-corrected chi connectivity index (χ1v) is 6.80. The van der Waals surface area contributed by atoms with Crippen molar-refractivity contribution in [3.63, 3.8) is 0 Å². The molecular weight excluding hydrogens is 230 g/mol. The fourth-order valence-corrected chi connectivity index (χ4v) is 2.59. The zero-order valence-electron chi connectivity index (χ0n) is 9.60. The number of rotatable bonds is 5. The third-order valence-corrected chi connectivity index (χ3v) is 3.90. The van der Waals surface area contributed by atoms with Gasteiger partial charge in [0.1, 0.15) is 5.01 Å². The van der Waals surface area contributed by atoms with E-state index >= 15 is 0 Å². The average Bonchev–Trinajstić information content (AvgIpc) is 3.07. The summed E-state index contributed by atoms with van der Waals surface area (Å²) in [7, 11) is 0. The first-order chi connectivity index (χ1) is 8.42. The van der Waals surface area contributed by atoms with Crippen LogP contribution >= 0.6 is 11.3 Å². The first kappa shape index (κ1) is 10.9. The van der Waals surface area contributed by atoms with Crippen molar-refractivity contribution in [2.45, 2.75) is 19.4 Å². The van der Waals surface area contributed by atoms with Crippen molar-refractivity contribution in [2.24, 2.45) is 5.92 Å². The maximum Gasteiger partial charge on any atom is 0.107 e. The highest BCUT2D eigenvalue weighted by molar-refractivity contribution is 7.15. The number of nitrogens with zero attached hydrogens (tertiary/aromatic N) is 2. The molecule has 0 atom stereocenters. The van der Waals surface area contributed by atoms with Crippen molar-refractivity contribution < 1.29 is 0 Å². The third kappa shape index (κ3) is 2.90. The smallest absolute Gasteiger partial charge is 0.107 e. The van der Waals surface area contributed by atoms with Gasteiger partial charge in [0.05, 0.1) is 10.6 Å². The molecule has 0 aliphatic heterocycles. The highest BCUT2D eigenvalue weighted by Crippen LogP contribution is 2.28. The van der Waals surface area contributed by atoms with E-state index in [4.69, 9.17) is 0 Å². The van der Waals surface area contributed by atoms with E-state index in [9.17, 15) is 0 Å². The Hall–Kier alpha value is -1.26. The summed E-state index contributed by atoms with van der Waals surface area (Å²) in [5.41, 5.74) is 1.01. The lowest BCUT2D eigenvalue weighted by atomic mass is 10.3. The molecule has 0 saturated heterocycles. The molecule has 1 fully saturated rings. The maximum absolute atomic E-state index is 4.43. The van der Waals surface area contributed by atoms with Crippen LogP contribution in [0.15, 0.2) is 30.6 Å². The predicted octanol–water partition coefficient (Wildman–Crippen LogP) is 2.70. The van der Waals surface area contributed by atoms with Crippen LogP contribution in [0.25, 0.3) is 10.6 Å². The van der Waals surface area contributed by atoms with Crippen LogP contribution in [0.5, 0.6) is 0 Å². The van der Waals surface area contributed by atoms with Crippen LogP contribution in [0, 0.1) is 5.92 Å². The molecule has 0 bridgehead atoms. The van der Waals surface area contributed by atoms with Gasteiger partial charge in [-0.3, -0.25) is 4.98 Å². The molecule has 0 unspecified atom stereocenters. The first-order valence-electron chi connectivity index (χ1n) is 5.98. The number of hydrogen-bond donors (Lipinski definition) is 1. The Labute approximate surface area is 105 Å². The van der Waals surface area contributed by atoms with Crippen molar-refractivity contribution >= 4 is 11.3 Å². The summed E-state index contributed by atoms with van der Waals surface area (Å²) < 4.78 is 0. The van der Waals surface area contributed by atoms with Crippen molar-refractivity contribution in [1.29, 1.82) is 0 Å². The van der Waals surface area contributed by atoms with Crippen LogP contribution < -0.4 is 5.32 Å². The zero-order valence-corrected chi connectivity index (χ0v) is 10.4. The molecule has 88 valence electrons. The average molecular weight is 245 g/mol. The zero-order chi connectivity index (χ0) is 11.5. The Morgan fingerprint density at radius 1 is 1.29 bits per heavy atom. The molecule has 0 radical (unpaired) electrons. The maximum atomic E-state index is 4.43. The van der Waals surface area contributed by atoms with Gasteiger partial charge in [0.25, 0.3) is 0 Å². The van der Waals surface area contributed by atoms with Gasteiger partial charge in [-0.2, -0.15) is 0 Å². The molecule has 2 aromatic heterocycles. The molecule has 2 heterocycles. The molecule has 0 amide bonds. The van der Waals surface area contributed by atoms with Crippen LogP contribution in [0.4, 0.5) is 0 Å². The monoisotopic (exact) mass is 245 g/mol. The van der Waals surface area contributed by atoms with Gasteiger partial charge in [-0.15, -0.1) is 11.3 Å². The highest BCUT2D eigenvalue weighted by Gasteiger charge is 2.20. The molecule has 0 aromatic carbocycles. The van der Waals surface area contributed by atoms with E-state index < -0.39 is 0 Å². The van der Waals surface area contributed by atoms with E-state index in [1.807, 2.05) is 30.6 Å². The number of thiazole rings is 1. The summed E-state index contributed by atoms with van der Waals surface area (Å²) >= 11 is 1.72. The van der Waals surface area contributed by atoms with Crippen LogP contribution in [0.1, 0.15) is 17.8 Å². The van der Waals surface area contributed by atoms with E-state index in [0.717, 1.165) is 34.6 Å². The quantitative estimate of drug-likeness (QED) is 0.880. The number of nitrogens with one attached hydrogen (secondary N) is 1. The summed E-state index contributed by atoms with van der Waals surface area (Å²) in [4.78, 5) is 9.90. The molecule has 1 N–H and O–H groups in total. The number of aromatic nitrogens is 2. The van der Waals surface area contributed by atoms with Crippen molar-refractivity contribution in [2.75, 3.05) is 6.54 Å². The van der Waals surface area contributed by atoms with Gasteiger partial charge in [0.2, 0.25) is 0 Å². The number of pyridine rings is 1. The van der Waals surface area contributed by atoms with Crippen molar-refractivity contribution in [1.82, 2.24) is 15.3 Å². The van der Waals surface area contributed by atoms with E-state index in [2.05, 4.69) is 15.3 Å². The fraction of sp³-hybridized carbons (Fsp3) is 0.385. The lowest BCUT2D eigenvalue weighted by Gasteiger charge is -1.98. The van der Waals surface area contributed by atoms with Crippen molar-refractivity contribution in [3.05, 3.63) is 35.6 Å². The van der Waals surface area contributed by atoms with Gasteiger partial charge in [-0.25, -0.2) is 4.98 Å². The minimum absolute atomic E-state index is 0.883. The van der Waals surface area contributed by atoms with Crippen LogP contribution in [0.3, 0.4) is 0 Å². The fourth-order valence-electron chi connectivity index (χ4n) is 1.72. The second-order valence-electron chi connectivity index (χ2n) is 4.41. The predicted molar refractivity (Wildman–Crippen MR) is 69.8 cm³/mol. The van der Waals surface area contributed by atoms with Gasteiger partial charge >= 0.3 is 0 Å². The Bertz CT molecular complexity index is 476. The topological polar surface area (TPSA) is 37.8 Å². The number of hydrogen-bond acceptors (Lipinski definition) is 4. The van der Waals surface area contributed by atoms with E-state index in [-0.39, 0.29) is 0 Å². The lowest BCUT2D eigenvalue weighted by molar-refractivity contribution is 0.637. The molecule has 17 heavy (non-hydrogen) atoms. The standard InChI is InChI=1S/C13H15N3S/c1-2-6-15-11(3-1)12-8-16-13(17-12)9-14-7-10-4-5-10/h1-3,6,8,10,14H,4-5,7,9H2. The molecule has 1 aliphatic carbocycles. The Kier molecular flexibility index (Phi) is 3.16. The molecule has 3 rings (SSSR count). The molecule has 0 spiro atoms. The van der Waals surface area contributed by atoms with Crippen LogP contribution in [-0.2, 0) is 6.54 Å². The molecule has 4 heteroatoms. The second-order valence-corrected chi connectivity index (χ2v) is 5.52. The highest BCUT2D eigenvalue weighted by atomic mass is 32.1. The molecule has 1 aliphatic rings. The largest absolute Gasteiger partial charge is 0.310 e. The molecule has 1 saturated carbocycles. The van der Waals surface area contributed by atoms with E-state index in [0.29, 0.717) is 0 Å². The van der Waals surface area contributed by atoms with Gasteiger partial charge < -0.3 is 5.32 Å². The third-order valence-electron chi connectivity index (χ3n) is 2.88. The van der Waals surface area contributed by atoms with Gasteiger partial charge in [-0.1, -0.05) is 6.07 Å². The summed E-state index contributed by atoms with van der Waals surface area (Å²) in [6.45, 7) is 2.02. The molecule has 2 aromatic rings. The normalized spacial score (nSPS) is 15.1. The van der Waals surface area contributed by atoms with Gasteiger partial charge in [0, 0.05) is 18.9 Å². The summed E-state index contributed by atoms with van der Waals surface area (Å²) in [5.74, 6) is 0.922. The Morgan fingerprint density at radius 3 is 3.00 bits per heavy atom. The lowest BCUT2D eigenvalue weighted by Crippen LogP contribution is -2.15. The second kappa shape index (κ2) is 4.94. The summed E-state index contributed by atoms with van der Waals surface area (Å²) in [6.07, 6.45) is 6.52. The van der Waals surface area contributed by atoms with E-state index in [1.54, 1.807) is 11.3 Å². The van der Waals surface area contributed by atoms with Crippen LogP contribution in [-0.4, -0.2) is 16.5 Å². The minimum Gasteiger partial charge on any atom is -0.310 e. The van der Waals surface area contributed by atoms with E-state index in [1.165, 1.54) is 12.8 Å². The van der Waals surface area contributed by atoms with Crippen molar-refractivity contribution in [3.8, 4) is 10.6 Å². The minimum atomic E-state index is 0.883. The SMILES string of the molecule is c1ccc(-c2cnc(CNCC3CC3)s2)nc1. The molecular formula is C13H15N3S. The summed E-state index contributed by atoms with van der Waals surface area (Å²) in [6, 6.07) is 5.96. The Morgan fingerprint density at radius 2 is 2.24 bits per heavy atom. The van der Waals surface area contributed by atoms with Gasteiger partial charge in [0.15, 0.2) is 0 Å².